The van der Waals surface area contributed by atoms with Crippen molar-refractivity contribution in [3.8, 4) is 0 Å². The van der Waals surface area contributed by atoms with Crippen LogP contribution in [0.5, 0.6) is 0 Å². The van der Waals surface area contributed by atoms with Crippen LogP contribution in [0.1, 0.15) is 6.42 Å². The average Bonchev–Trinajstić information content (AvgIpc) is 2.76. The molecule has 2 N–H and O–H groups in total. The van der Waals surface area contributed by atoms with Gasteiger partial charge in [0.05, 0.1) is 18.2 Å². The molecule has 0 amide bonds. The van der Waals surface area contributed by atoms with Crippen molar-refractivity contribution in [1.82, 2.24) is 5.48 Å². The Morgan fingerprint density at radius 2 is 2.58 bits per heavy atom. The van der Waals surface area contributed by atoms with Gasteiger partial charge in [-0.05, 0) is 6.42 Å². The maximum Gasteiger partial charge on any atom is 0.165 e. The van der Waals surface area contributed by atoms with E-state index < -0.39 is 0 Å². The molecule has 0 radical (unpaired) electrons. The highest BCUT2D eigenvalue weighted by molar-refractivity contribution is 5.90. The molecule has 2 fully saturated rings. The van der Waals surface area contributed by atoms with Crippen molar-refractivity contribution in [1.29, 1.82) is 0 Å². The van der Waals surface area contributed by atoms with E-state index in [0.29, 0.717) is 0 Å². The van der Waals surface area contributed by atoms with E-state index in [4.69, 9.17) is 14.8 Å². The summed E-state index contributed by atoms with van der Waals surface area (Å²) in [4.78, 5) is 10.4. The van der Waals surface area contributed by atoms with Crippen LogP contribution in [0, 0.1) is 5.92 Å². The quantitative estimate of drug-likeness (QED) is 0.531. The van der Waals surface area contributed by atoms with Gasteiger partial charge in [0.1, 0.15) is 6.10 Å². The summed E-state index contributed by atoms with van der Waals surface area (Å²) in [5, 5.41) is 12.8. The Morgan fingerprint density at radius 3 is 3.42 bits per heavy atom. The molecule has 0 spiro atoms. The third-order valence-electron chi connectivity index (χ3n) is 2.85. The van der Waals surface area contributed by atoms with Gasteiger partial charge in [-0.1, -0.05) is 5.16 Å². The average molecular weight is 170 g/mol. The first kappa shape index (κ1) is 6.82. The van der Waals surface area contributed by atoms with E-state index in [1.807, 2.05) is 0 Å². The number of nitrogens with zero attached hydrogens (tertiary/aromatic N) is 1. The lowest BCUT2D eigenvalue weighted by molar-refractivity contribution is -0.0999. The summed E-state index contributed by atoms with van der Waals surface area (Å²) < 4.78 is 0. The molecule has 5 heteroatoms. The van der Waals surface area contributed by atoms with Crippen LogP contribution in [0.25, 0.3) is 0 Å². The van der Waals surface area contributed by atoms with Gasteiger partial charge in [0.25, 0.3) is 0 Å². The molecule has 5 nitrogen and oxygen atoms in total. The third-order valence-corrected chi connectivity index (χ3v) is 2.85. The molecule has 4 atom stereocenters. The third kappa shape index (κ3) is 0.663. The number of rotatable bonds is 1. The first-order valence-corrected chi connectivity index (χ1v) is 4.15. The minimum absolute atomic E-state index is 0.00787. The van der Waals surface area contributed by atoms with Crippen LogP contribution >= 0.6 is 0 Å². The van der Waals surface area contributed by atoms with Gasteiger partial charge < -0.3 is 9.94 Å². The Morgan fingerprint density at radius 1 is 1.67 bits per heavy atom. The second-order valence-corrected chi connectivity index (χ2v) is 3.45. The maximum atomic E-state index is 8.96. The molecule has 4 unspecified atom stereocenters. The number of hydrogen-bond acceptors (Lipinski definition) is 5. The van der Waals surface area contributed by atoms with Crippen molar-refractivity contribution in [2.24, 2.45) is 11.1 Å². The molecule has 1 saturated carbocycles. The monoisotopic (exact) mass is 170 g/mol. The summed E-state index contributed by atoms with van der Waals surface area (Å²) in [5.74, 6) is 0.230. The highest BCUT2D eigenvalue weighted by Gasteiger charge is 2.55. The van der Waals surface area contributed by atoms with Crippen LogP contribution in [0.15, 0.2) is 5.16 Å². The van der Waals surface area contributed by atoms with E-state index in [1.54, 1.807) is 0 Å². The minimum atomic E-state index is -0.00787. The van der Waals surface area contributed by atoms with Gasteiger partial charge >= 0.3 is 0 Å². The molecule has 0 aromatic carbocycles. The van der Waals surface area contributed by atoms with Crippen LogP contribution in [-0.2, 0) is 9.68 Å². The molecule has 3 rings (SSSR count). The fourth-order valence-corrected chi connectivity index (χ4v) is 2.28. The first-order chi connectivity index (χ1) is 5.90. The minimum Gasteiger partial charge on any atom is -0.390 e. The fourth-order valence-electron chi connectivity index (χ4n) is 2.28. The van der Waals surface area contributed by atoms with Crippen molar-refractivity contribution < 1.29 is 14.8 Å². The van der Waals surface area contributed by atoms with Crippen molar-refractivity contribution in [2.75, 3.05) is 6.61 Å². The molecule has 66 valence electrons. The second-order valence-electron chi connectivity index (χ2n) is 3.45. The maximum absolute atomic E-state index is 8.96. The molecule has 3 aliphatic rings. The zero-order valence-electron chi connectivity index (χ0n) is 6.43. The lowest BCUT2D eigenvalue weighted by Gasteiger charge is -2.23. The number of hydroxylamine groups is 1. The zero-order valence-corrected chi connectivity index (χ0v) is 6.43. The Balaban J connectivity index is 1.90. The summed E-state index contributed by atoms with van der Waals surface area (Å²) in [7, 11) is 0. The van der Waals surface area contributed by atoms with E-state index in [2.05, 4.69) is 10.6 Å². The summed E-state index contributed by atoms with van der Waals surface area (Å²) in [6.07, 6.45) is 1.13. The highest BCUT2D eigenvalue weighted by atomic mass is 16.7. The van der Waals surface area contributed by atoms with Crippen molar-refractivity contribution in [2.45, 2.75) is 24.7 Å². The highest BCUT2D eigenvalue weighted by Crippen LogP contribution is 2.39. The number of aliphatic hydroxyl groups excluding tert-OH is 1. The van der Waals surface area contributed by atoms with E-state index in [0.717, 1.165) is 12.1 Å². The van der Waals surface area contributed by atoms with Gasteiger partial charge in [-0.25, -0.2) is 0 Å². The Labute approximate surface area is 69.3 Å². The molecule has 2 bridgehead atoms. The largest absolute Gasteiger partial charge is 0.390 e. The van der Waals surface area contributed by atoms with E-state index >= 15 is 0 Å². The van der Waals surface area contributed by atoms with Gasteiger partial charge in [0.2, 0.25) is 0 Å². The SMILES string of the molecule is OCC1=NOC2C3CC(NO3)C12. The summed E-state index contributed by atoms with van der Waals surface area (Å²) in [6, 6.07) is 0.286. The van der Waals surface area contributed by atoms with Crippen molar-refractivity contribution >= 4 is 5.71 Å². The van der Waals surface area contributed by atoms with Crippen LogP contribution in [-0.4, -0.2) is 35.7 Å². The topological polar surface area (TPSA) is 63.1 Å². The predicted octanol–water partition coefficient (Wildman–Crippen LogP) is -0.975. The van der Waals surface area contributed by atoms with Gasteiger partial charge in [-0.15, -0.1) is 0 Å². The summed E-state index contributed by atoms with van der Waals surface area (Å²) in [5.41, 5.74) is 3.67. The Hall–Kier alpha value is -0.650. The molecular formula is C7H10N2O3. The fraction of sp³-hybridized carbons (Fsp3) is 0.857. The number of nitrogens with one attached hydrogen (secondary N) is 1. The molecule has 2 heterocycles. The van der Waals surface area contributed by atoms with Gasteiger partial charge in [0.15, 0.2) is 6.10 Å². The van der Waals surface area contributed by atoms with E-state index in [9.17, 15) is 0 Å². The van der Waals surface area contributed by atoms with Crippen LogP contribution in [0.3, 0.4) is 0 Å². The van der Waals surface area contributed by atoms with Crippen LogP contribution in [0.4, 0.5) is 0 Å². The smallest absolute Gasteiger partial charge is 0.165 e. The van der Waals surface area contributed by atoms with Crippen LogP contribution in [0.2, 0.25) is 0 Å². The lowest BCUT2D eigenvalue weighted by atomic mass is 9.97. The standard InChI is InChI=1S/C7H10N2O3/c10-2-4-6-3-1-5(11-8-3)7(6)12-9-4/h3,5-8,10H,1-2H2. The van der Waals surface area contributed by atoms with Crippen molar-refractivity contribution in [3.63, 3.8) is 0 Å². The molecule has 1 saturated heterocycles. The van der Waals surface area contributed by atoms with Crippen molar-refractivity contribution in [3.05, 3.63) is 0 Å². The number of aliphatic hydroxyl groups is 1. The zero-order chi connectivity index (χ0) is 8.13. The summed E-state index contributed by atoms with van der Waals surface area (Å²) >= 11 is 0. The normalized spacial score (nSPS) is 48.9. The number of oxime groups is 1. The molecular weight excluding hydrogens is 160 g/mol. The molecule has 2 aliphatic heterocycles. The number of hydrogen-bond donors (Lipinski definition) is 2. The van der Waals surface area contributed by atoms with E-state index in [1.165, 1.54) is 0 Å². The van der Waals surface area contributed by atoms with Gasteiger partial charge in [-0.3, -0.25) is 4.84 Å². The van der Waals surface area contributed by atoms with Gasteiger partial charge in [0, 0.05) is 6.04 Å². The van der Waals surface area contributed by atoms with Gasteiger partial charge in [-0.2, -0.15) is 5.48 Å². The molecule has 12 heavy (non-hydrogen) atoms. The van der Waals surface area contributed by atoms with E-state index in [-0.39, 0.29) is 30.8 Å². The summed E-state index contributed by atoms with van der Waals surface area (Å²) in [6.45, 7) is -0.00787. The molecule has 0 aromatic rings. The lowest BCUT2D eigenvalue weighted by Crippen LogP contribution is -2.44. The first-order valence-electron chi connectivity index (χ1n) is 4.15. The second kappa shape index (κ2) is 2.18. The Bertz CT molecular complexity index is 243. The number of fused-ring (bicyclic) bond motifs is 5. The molecule has 0 aromatic heterocycles. The predicted molar refractivity (Wildman–Crippen MR) is 39.3 cm³/mol. The Kier molecular flexibility index (Phi) is 1.24. The molecule has 1 aliphatic carbocycles. The van der Waals surface area contributed by atoms with Crippen LogP contribution < -0.4 is 5.48 Å².